The van der Waals surface area contributed by atoms with Gasteiger partial charge in [0.15, 0.2) is 6.61 Å². The maximum Gasteiger partial charge on any atom is 0.331 e. The molecule has 4 nitrogen and oxygen atoms in total. The van der Waals surface area contributed by atoms with Crippen LogP contribution < -0.4 is 5.32 Å². The molecule has 0 saturated carbocycles. The van der Waals surface area contributed by atoms with E-state index in [1.807, 2.05) is 0 Å². The minimum absolute atomic E-state index is 0.0401. The molecule has 0 saturated heterocycles. The zero-order valence-electron chi connectivity index (χ0n) is 12.9. The van der Waals surface area contributed by atoms with E-state index in [9.17, 15) is 14.0 Å². The van der Waals surface area contributed by atoms with Gasteiger partial charge in [0.2, 0.25) is 0 Å². The average molecular weight is 348 g/mol. The van der Waals surface area contributed by atoms with Crippen LogP contribution in [-0.2, 0) is 14.3 Å². The highest BCUT2D eigenvalue weighted by atomic mass is 35.5. The van der Waals surface area contributed by atoms with Crippen LogP contribution in [0.4, 0.5) is 10.1 Å². The predicted molar refractivity (Wildman–Crippen MR) is 91.2 cm³/mol. The summed E-state index contributed by atoms with van der Waals surface area (Å²) in [4.78, 5) is 23.2. The summed E-state index contributed by atoms with van der Waals surface area (Å²) in [5.74, 6) is -1.84. The van der Waals surface area contributed by atoms with E-state index in [1.54, 1.807) is 37.3 Å². The maximum absolute atomic E-state index is 13.6. The molecule has 2 aromatic carbocycles. The lowest BCUT2D eigenvalue weighted by Crippen LogP contribution is -2.20. The standard InChI is InChI=1S/C18H15ClFNO3/c1-12-2-8-16(15(20)10-12)21-17(22)11-24-18(23)9-5-13-3-6-14(19)7-4-13/h2-10H,11H2,1H3,(H,21,22)/b9-5+. The summed E-state index contributed by atoms with van der Waals surface area (Å²) in [6.07, 6.45) is 2.74. The second kappa shape index (κ2) is 8.26. The normalized spacial score (nSPS) is 10.6. The molecule has 2 rings (SSSR count). The van der Waals surface area contributed by atoms with Crippen LogP contribution >= 0.6 is 11.6 Å². The number of benzene rings is 2. The third kappa shape index (κ3) is 5.52. The van der Waals surface area contributed by atoms with Gasteiger partial charge < -0.3 is 10.1 Å². The van der Waals surface area contributed by atoms with Gasteiger partial charge in [-0.2, -0.15) is 0 Å². The van der Waals surface area contributed by atoms with Crippen molar-refractivity contribution >= 4 is 35.2 Å². The SMILES string of the molecule is Cc1ccc(NC(=O)COC(=O)/C=C/c2ccc(Cl)cc2)c(F)c1. The smallest absolute Gasteiger partial charge is 0.331 e. The maximum atomic E-state index is 13.6. The van der Waals surface area contributed by atoms with Crippen molar-refractivity contribution in [3.05, 3.63) is 70.5 Å². The van der Waals surface area contributed by atoms with Crippen LogP contribution in [-0.4, -0.2) is 18.5 Å². The van der Waals surface area contributed by atoms with Crippen molar-refractivity contribution in [2.45, 2.75) is 6.92 Å². The van der Waals surface area contributed by atoms with Gasteiger partial charge in [0.25, 0.3) is 5.91 Å². The number of rotatable bonds is 5. The molecule has 124 valence electrons. The number of esters is 1. The molecule has 0 aliphatic carbocycles. The quantitative estimate of drug-likeness (QED) is 0.657. The topological polar surface area (TPSA) is 55.4 Å². The molecular weight excluding hydrogens is 333 g/mol. The summed E-state index contributed by atoms with van der Waals surface area (Å²) >= 11 is 5.76. The van der Waals surface area contributed by atoms with E-state index in [0.29, 0.717) is 5.02 Å². The molecule has 2 aromatic rings. The van der Waals surface area contributed by atoms with Crippen molar-refractivity contribution in [3.63, 3.8) is 0 Å². The first-order valence-electron chi connectivity index (χ1n) is 7.10. The summed E-state index contributed by atoms with van der Waals surface area (Å²) in [7, 11) is 0. The van der Waals surface area contributed by atoms with Crippen LogP contribution in [0, 0.1) is 12.7 Å². The molecular formula is C18H15ClFNO3. The Labute approximate surface area is 143 Å². The van der Waals surface area contributed by atoms with Gasteiger partial charge in [-0.1, -0.05) is 29.8 Å². The number of amides is 1. The average Bonchev–Trinajstić information content (AvgIpc) is 2.55. The van der Waals surface area contributed by atoms with E-state index in [2.05, 4.69) is 5.32 Å². The number of ether oxygens (including phenoxy) is 1. The van der Waals surface area contributed by atoms with Crippen molar-refractivity contribution in [3.8, 4) is 0 Å². The molecule has 0 radical (unpaired) electrons. The van der Waals surface area contributed by atoms with Crippen LogP contribution in [0.1, 0.15) is 11.1 Å². The van der Waals surface area contributed by atoms with Crippen molar-refractivity contribution in [1.29, 1.82) is 0 Å². The molecule has 1 amide bonds. The third-order valence-corrected chi connectivity index (χ3v) is 3.28. The Balaban J connectivity index is 1.82. The molecule has 24 heavy (non-hydrogen) atoms. The molecule has 0 fully saturated rings. The Morgan fingerprint density at radius 1 is 1.21 bits per heavy atom. The van der Waals surface area contributed by atoms with Gasteiger partial charge in [-0.25, -0.2) is 9.18 Å². The Kier molecular flexibility index (Phi) is 6.09. The highest BCUT2D eigenvalue weighted by Gasteiger charge is 2.09. The van der Waals surface area contributed by atoms with Crippen LogP contribution in [0.5, 0.6) is 0 Å². The number of anilines is 1. The van der Waals surface area contributed by atoms with Crippen molar-refractivity contribution in [2.24, 2.45) is 0 Å². The number of nitrogens with one attached hydrogen (secondary N) is 1. The summed E-state index contributed by atoms with van der Waals surface area (Å²) < 4.78 is 18.4. The van der Waals surface area contributed by atoms with Crippen LogP contribution in [0.3, 0.4) is 0 Å². The molecule has 0 bridgehead atoms. The monoisotopic (exact) mass is 347 g/mol. The number of hydrogen-bond acceptors (Lipinski definition) is 3. The molecule has 0 aromatic heterocycles. The van der Waals surface area contributed by atoms with Gasteiger partial charge in [0.1, 0.15) is 5.82 Å². The van der Waals surface area contributed by atoms with Gasteiger partial charge >= 0.3 is 5.97 Å². The van der Waals surface area contributed by atoms with E-state index in [0.717, 1.165) is 11.1 Å². The summed E-state index contributed by atoms with van der Waals surface area (Å²) in [6, 6.07) is 11.3. The fourth-order valence-electron chi connectivity index (χ4n) is 1.83. The molecule has 0 unspecified atom stereocenters. The minimum Gasteiger partial charge on any atom is -0.452 e. The van der Waals surface area contributed by atoms with Gasteiger partial charge in [-0.15, -0.1) is 0 Å². The Morgan fingerprint density at radius 2 is 1.92 bits per heavy atom. The second-order valence-corrected chi connectivity index (χ2v) is 5.46. The Morgan fingerprint density at radius 3 is 2.58 bits per heavy atom. The van der Waals surface area contributed by atoms with Crippen LogP contribution in [0.2, 0.25) is 5.02 Å². The largest absolute Gasteiger partial charge is 0.452 e. The van der Waals surface area contributed by atoms with Gasteiger partial charge in [0.05, 0.1) is 5.69 Å². The van der Waals surface area contributed by atoms with E-state index in [4.69, 9.17) is 16.3 Å². The molecule has 0 spiro atoms. The summed E-state index contributed by atoms with van der Waals surface area (Å²) in [5.41, 5.74) is 1.55. The van der Waals surface area contributed by atoms with Crippen molar-refractivity contribution in [2.75, 3.05) is 11.9 Å². The first kappa shape index (κ1) is 17.7. The molecule has 1 N–H and O–H groups in total. The van der Waals surface area contributed by atoms with E-state index in [1.165, 1.54) is 24.3 Å². The van der Waals surface area contributed by atoms with Gasteiger partial charge in [-0.05, 0) is 48.4 Å². The first-order valence-corrected chi connectivity index (χ1v) is 7.48. The zero-order valence-corrected chi connectivity index (χ0v) is 13.6. The highest BCUT2D eigenvalue weighted by molar-refractivity contribution is 6.30. The van der Waals surface area contributed by atoms with Crippen molar-refractivity contribution < 1.29 is 18.7 Å². The number of carbonyl (C=O) groups excluding carboxylic acids is 2. The van der Waals surface area contributed by atoms with Gasteiger partial charge in [0, 0.05) is 11.1 Å². The van der Waals surface area contributed by atoms with Crippen LogP contribution in [0.15, 0.2) is 48.5 Å². The van der Waals surface area contributed by atoms with E-state index < -0.39 is 24.3 Å². The first-order chi connectivity index (χ1) is 11.4. The third-order valence-electron chi connectivity index (χ3n) is 3.03. The number of hydrogen-bond donors (Lipinski definition) is 1. The van der Waals surface area contributed by atoms with Crippen LogP contribution in [0.25, 0.3) is 6.08 Å². The molecule has 0 aliphatic rings. The van der Waals surface area contributed by atoms with E-state index >= 15 is 0 Å². The number of carbonyl (C=O) groups is 2. The molecule has 0 aliphatic heterocycles. The van der Waals surface area contributed by atoms with Crippen molar-refractivity contribution in [1.82, 2.24) is 0 Å². The lowest BCUT2D eigenvalue weighted by atomic mass is 10.2. The lowest BCUT2D eigenvalue weighted by Gasteiger charge is -2.07. The lowest BCUT2D eigenvalue weighted by molar-refractivity contribution is -0.142. The summed E-state index contributed by atoms with van der Waals surface area (Å²) in [5, 5.41) is 2.94. The number of halogens is 2. The molecule has 0 atom stereocenters. The Hall–Kier alpha value is -2.66. The fraction of sp³-hybridized carbons (Fsp3) is 0.111. The molecule has 6 heteroatoms. The predicted octanol–water partition coefficient (Wildman–Crippen LogP) is 3.98. The minimum atomic E-state index is -0.676. The zero-order chi connectivity index (χ0) is 17.5. The Bertz CT molecular complexity index is 772. The highest BCUT2D eigenvalue weighted by Crippen LogP contribution is 2.15. The van der Waals surface area contributed by atoms with E-state index in [-0.39, 0.29) is 5.69 Å². The number of aryl methyl sites for hydroxylation is 1. The fourth-order valence-corrected chi connectivity index (χ4v) is 1.96. The second-order valence-electron chi connectivity index (χ2n) is 5.02. The molecule has 0 heterocycles. The summed E-state index contributed by atoms with van der Waals surface area (Å²) in [6.45, 7) is 1.24. The van der Waals surface area contributed by atoms with Gasteiger partial charge in [-0.3, -0.25) is 4.79 Å².